The van der Waals surface area contributed by atoms with E-state index in [4.69, 9.17) is 5.73 Å². The van der Waals surface area contributed by atoms with E-state index in [9.17, 15) is 48.7 Å². The fraction of sp³-hybridized carbons (Fsp3) is 0.478. The number of allylic oxidation sites excluding steroid dienone is 3. The van der Waals surface area contributed by atoms with Gasteiger partial charge in [0.1, 0.15) is 9.84 Å². The summed E-state index contributed by atoms with van der Waals surface area (Å²) < 4.78 is 117. The molecule has 1 aliphatic rings. The number of anilines is 1. The number of alkyl halides is 8. The number of benzene rings is 1. The van der Waals surface area contributed by atoms with Gasteiger partial charge >= 0.3 is 18.0 Å². The summed E-state index contributed by atoms with van der Waals surface area (Å²) in [5, 5.41) is 2.15. The van der Waals surface area contributed by atoms with E-state index in [-0.39, 0.29) is 17.2 Å². The normalized spacial score (nSPS) is 21.2. The number of rotatable bonds is 7. The second-order valence-electron chi connectivity index (χ2n) is 9.68. The maximum absolute atomic E-state index is 14.6. The Morgan fingerprint density at radius 2 is 1.61 bits per heavy atom. The third kappa shape index (κ3) is 5.87. The summed E-state index contributed by atoms with van der Waals surface area (Å²) in [6, 6.07) is 1.30. The van der Waals surface area contributed by atoms with Crippen molar-refractivity contribution in [2.24, 2.45) is 17.1 Å². The van der Waals surface area contributed by atoms with Crippen LogP contribution >= 0.6 is 22.6 Å². The van der Waals surface area contributed by atoms with Crippen LogP contribution in [0, 0.1) is 18.3 Å². The summed E-state index contributed by atoms with van der Waals surface area (Å²) in [5.41, 5.74) is -4.02. The van der Waals surface area contributed by atoms with Gasteiger partial charge in [-0.15, -0.1) is 0 Å². The molecule has 0 saturated carbocycles. The van der Waals surface area contributed by atoms with Gasteiger partial charge in [-0.1, -0.05) is 66.8 Å². The Bertz CT molecular complexity index is 1290. The first-order valence-corrected chi connectivity index (χ1v) is 13.8. The van der Waals surface area contributed by atoms with Gasteiger partial charge in [0.15, 0.2) is 0 Å². The van der Waals surface area contributed by atoms with E-state index in [1.807, 2.05) is 0 Å². The minimum Gasteiger partial charge on any atom is -0.369 e. The van der Waals surface area contributed by atoms with Crippen molar-refractivity contribution in [3.8, 4) is 0 Å². The molecule has 2 unspecified atom stereocenters. The van der Waals surface area contributed by atoms with Gasteiger partial charge in [-0.3, -0.25) is 9.59 Å². The number of nitrogens with one attached hydrogen (secondary N) is 1. The minimum atomic E-state index is -6.36. The molecule has 0 fully saturated rings. The molecule has 3 N–H and O–H groups in total. The van der Waals surface area contributed by atoms with E-state index in [0.29, 0.717) is 6.07 Å². The summed E-state index contributed by atoms with van der Waals surface area (Å²) in [6.45, 7) is 4.31. The summed E-state index contributed by atoms with van der Waals surface area (Å²) in [5.74, 6) is -4.01. The predicted molar refractivity (Wildman–Crippen MR) is 135 cm³/mol. The number of sulfone groups is 1. The van der Waals surface area contributed by atoms with Crippen molar-refractivity contribution in [3.63, 3.8) is 0 Å². The van der Waals surface area contributed by atoms with Crippen LogP contribution < -0.4 is 11.1 Å². The Balaban J connectivity index is 2.57. The van der Waals surface area contributed by atoms with Crippen molar-refractivity contribution in [1.82, 2.24) is 0 Å². The first-order valence-electron chi connectivity index (χ1n) is 10.7. The minimum absolute atomic E-state index is 0.00508. The zero-order valence-corrected chi connectivity index (χ0v) is 23.4. The molecule has 1 aromatic carbocycles. The lowest BCUT2D eigenvalue weighted by atomic mass is 9.68. The van der Waals surface area contributed by atoms with E-state index >= 15 is 0 Å². The molecule has 15 heteroatoms. The van der Waals surface area contributed by atoms with Crippen molar-refractivity contribution in [1.29, 1.82) is 0 Å². The molecule has 2 atom stereocenters. The molecule has 0 radical (unpaired) electrons. The van der Waals surface area contributed by atoms with E-state index in [1.165, 1.54) is 39.0 Å². The Labute approximate surface area is 228 Å². The molecule has 0 aliphatic heterocycles. The van der Waals surface area contributed by atoms with Gasteiger partial charge in [0.2, 0.25) is 5.91 Å². The lowest BCUT2D eigenvalue weighted by Gasteiger charge is -2.46. The fourth-order valence-electron chi connectivity index (χ4n) is 4.31. The number of carbonyl (C=O) groups is 2. The topological polar surface area (TPSA) is 106 Å². The first-order chi connectivity index (χ1) is 16.9. The number of carbonyl (C=O) groups excluding carboxylic acids is 2. The largest absolute Gasteiger partial charge is 0.435 e. The third-order valence-electron chi connectivity index (χ3n) is 6.22. The Hall–Kier alpha value is -2.17. The Morgan fingerprint density at radius 3 is 2.05 bits per heavy atom. The van der Waals surface area contributed by atoms with Crippen LogP contribution in [0.25, 0.3) is 0 Å². The van der Waals surface area contributed by atoms with Gasteiger partial charge in [-0.05, 0) is 24.0 Å². The molecule has 0 aromatic heterocycles. The summed E-state index contributed by atoms with van der Waals surface area (Å²) in [4.78, 5) is 25.7. The number of hydrogen-bond acceptors (Lipinski definition) is 4. The molecule has 1 aliphatic carbocycles. The molecular weight excluding hydrogens is 660 g/mol. The van der Waals surface area contributed by atoms with Gasteiger partial charge in [0.05, 0.1) is 15.1 Å². The molecule has 1 aromatic rings. The fourth-order valence-corrected chi connectivity index (χ4v) is 7.16. The molecule has 0 spiro atoms. The van der Waals surface area contributed by atoms with E-state index < -0.39 is 71.4 Å². The smallest absolute Gasteiger partial charge is 0.369 e. The highest BCUT2D eigenvalue weighted by molar-refractivity contribution is 14.1. The van der Waals surface area contributed by atoms with Crippen LogP contribution in [0.1, 0.15) is 25.0 Å². The number of halogens is 8. The molecule has 212 valence electrons. The summed E-state index contributed by atoms with van der Waals surface area (Å²) in [7, 11) is -3.58. The molecule has 6 nitrogen and oxygen atoms in total. The van der Waals surface area contributed by atoms with Crippen LogP contribution in [0.3, 0.4) is 0 Å². The van der Waals surface area contributed by atoms with Crippen LogP contribution in [-0.4, -0.2) is 48.0 Å². The molecule has 0 saturated heterocycles. The average Bonchev–Trinajstić information content (AvgIpc) is 2.70. The maximum atomic E-state index is 14.6. The van der Waals surface area contributed by atoms with Crippen molar-refractivity contribution < 1.29 is 48.7 Å². The van der Waals surface area contributed by atoms with Crippen molar-refractivity contribution in [3.05, 3.63) is 53.1 Å². The first kappa shape index (κ1) is 32.0. The predicted octanol–water partition coefficient (Wildman–Crippen LogP) is 5.07. The zero-order valence-electron chi connectivity index (χ0n) is 20.4. The molecule has 0 heterocycles. The van der Waals surface area contributed by atoms with Gasteiger partial charge < -0.3 is 11.1 Å². The number of amides is 2. The molecule has 0 bridgehead atoms. The van der Waals surface area contributed by atoms with E-state index in [1.54, 1.807) is 22.6 Å². The second-order valence-corrected chi connectivity index (χ2v) is 13.6. The standard InChI is InChI=1S/C23H24F7IN2O4S/c1-12-7-8-13(21(24,22(25,26)27)23(28,29)30)10-15(12)33-18(35)14-6-5-9-20(31,16(14)17(32)34)19(2,3)11-38(4,36)37/h5-10,16H,11H2,1-4H3,(H2,32,34)(H,33,35). The molecule has 2 amide bonds. The monoisotopic (exact) mass is 684 g/mol. The highest BCUT2D eigenvalue weighted by atomic mass is 127. The highest BCUT2D eigenvalue weighted by Crippen LogP contribution is 2.54. The maximum Gasteiger partial charge on any atom is 0.435 e. The summed E-state index contributed by atoms with van der Waals surface area (Å²) >= 11 is 1.80. The number of primary amides is 1. The van der Waals surface area contributed by atoms with Crippen molar-refractivity contribution >= 4 is 49.9 Å². The van der Waals surface area contributed by atoms with Crippen LogP contribution in [0.5, 0.6) is 0 Å². The van der Waals surface area contributed by atoms with Gasteiger partial charge in [0, 0.05) is 23.1 Å². The third-order valence-corrected chi connectivity index (χ3v) is 9.91. The van der Waals surface area contributed by atoms with Crippen molar-refractivity contribution in [2.75, 3.05) is 17.3 Å². The van der Waals surface area contributed by atoms with Crippen molar-refractivity contribution in [2.45, 2.75) is 42.2 Å². The zero-order chi connectivity index (χ0) is 29.7. The number of aryl methyl sites for hydroxylation is 1. The van der Waals surface area contributed by atoms with E-state index in [0.717, 1.165) is 12.3 Å². The number of nitrogens with two attached hydrogens (primary N) is 1. The van der Waals surface area contributed by atoms with Crippen LogP contribution in [0.2, 0.25) is 0 Å². The lowest BCUT2D eigenvalue weighted by Crippen LogP contribution is -2.54. The summed E-state index contributed by atoms with van der Waals surface area (Å²) in [6.07, 6.45) is -7.73. The van der Waals surface area contributed by atoms with Gasteiger partial charge in [-0.25, -0.2) is 12.8 Å². The average molecular weight is 684 g/mol. The second kappa shape index (κ2) is 10.1. The van der Waals surface area contributed by atoms with Crippen LogP contribution in [0.15, 0.2) is 42.0 Å². The van der Waals surface area contributed by atoms with E-state index in [2.05, 4.69) is 5.32 Å². The SMILES string of the molecule is Cc1ccc(C(F)(C(F)(F)F)C(F)(F)F)cc1NC(=O)C1=CC=CC(I)(C(C)(C)CS(C)(=O)=O)C1C(N)=O. The quantitative estimate of drug-likeness (QED) is 0.238. The lowest BCUT2D eigenvalue weighted by molar-refractivity contribution is -0.348. The highest BCUT2D eigenvalue weighted by Gasteiger charge is 2.73. The van der Waals surface area contributed by atoms with Gasteiger partial charge in [0.25, 0.3) is 5.91 Å². The van der Waals surface area contributed by atoms with Crippen LogP contribution in [0.4, 0.5) is 36.4 Å². The molecular formula is C23H24F7IN2O4S. The number of hydrogen-bond donors (Lipinski definition) is 2. The van der Waals surface area contributed by atoms with Gasteiger partial charge in [-0.2, -0.15) is 26.3 Å². The molecule has 2 rings (SSSR count). The Morgan fingerprint density at radius 1 is 1.08 bits per heavy atom. The van der Waals surface area contributed by atoms with Crippen LogP contribution in [-0.2, 0) is 25.1 Å². The Kier molecular flexibility index (Phi) is 8.52. The molecule has 38 heavy (non-hydrogen) atoms.